The predicted octanol–water partition coefficient (Wildman–Crippen LogP) is 4.72. The number of ether oxygens (including phenoxy) is 3. The van der Waals surface area contributed by atoms with E-state index in [0.29, 0.717) is 17.4 Å². The number of aromatic nitrogens is 1. The molecule has 1 aliphatic rings. The van der Waals surface area contributed by atoms with Crippen LogP contribution in [-0.2, 0) is 9.53 Å². The number of nitrogens with zero attached hydrogens (tertiary/aromatic N) is 2. The number of benzene rings is 2. The van der Waals surface area contributed by atoms with Crippen LogP contribution >= 0.6 is 11.3 Å². The van der Waals surface area contributed by atoms with E-state index in [0.717, 1.165) is 42.0 Å². The molecule has 1 aliphatic heterocycles. The molecule has 3 aromatic rings. The quantitative estimate of drug-likeness (QED) is 0.509. The first-order valence-corrected chi connectivity index (χ1v) is 11.2. The summed E-state index contributed by atoms with van der Waals surface area (Å²) < 4.78 is 16.7. The molecule has 0 N–H and O–H groups in total. The maximum absolute atomic E-state index is 13.1. The molecule has 1 aromatic heterocycles. The van der Waals surface area contributed by atoms with E-state index < -0.39 is 0 Å². The lowest BCUT2D eigenvalue weighted by Gasteiger charge is -2.23. The Kier molecular flexibility index (Phi) is 6.84. The van der Waals surface area contributed by atoms with Crippen molar-refractivity contribution in [1.82, 2.24) is 4.98 Å². The maximum Gasteiger partial charge on any atom is 0.266 e. The number of carbonyl (C=O) groups is 1. The van der Waals surface area contributed by atoms with Crippen molar-refractivity contribution in [1.29, 1.82) is 0 Å². The fourth-order valence-corrected chi connectivity index (χ4v) is 4.28. The Morgan fingerprint density at radius 1 is 1.16 bits per heavy atom. The minimum absolute atomic E-state index is 0.0247. The van der Waals surface area contributed by atoms with Gasteiger partial charge < -0.3 is 14.2 Å². The maximum atomic E-state index is 13.1. The molecule has 0 saturated carbocycles. The fraction of sp³-hybridized carbons (Fsp3) is 0.333. The topological polar surface area (TPSA) is 60.9 Å². The molecule has 1 fully saturated rings. The van der Waals surface area contributed by atoms with Crippen molar-refractivity contribution < 1.29 is 19.0 Å². The number of amides is 1. The van der Waals surface area contributed by atoms with Crippen LogP contribution in [0.25, 0.3) is 11.3 Å². The Bertz CT molecular complexity index is 995. The van der Waals surface area contributed by atoms with Gasteiger partial charge in [-0.1, -0.05) is 17.7 Å². The van der Waals surface area contributed by atoms with Crippen molar-refractivity contribution in [3.8, 4) is 22.8 Å². The van der Waals surface area contributed by atoms with E-state index in [1.165, 1.54) is 11.3 Å². The van der Waals surface area contributed by atoms with Crippen molar-refractivity contribution in [2.24, 2.45) is 0 Å². The Hall–Kier alpha value is -2.90. The van der Waals surface area contributed by atoms with E-state index in [4.69, 9.17) is 19.2 Å². The molecule has 31 heavy (non-hydrogen) atoms. The monoisotopic (exact) mass is 438 g/mol. The number of thiazole rings is 1. The molecule has 1 atom stereocenters. The number of hydrogen-bond acceptors (Lipinski definition) is 6. The van der Waals surface area contributed by atoms with Crippen molar-refractivity contribution in [2.75, 3.05) is 31.8 Å². The standard InChI is InChI=1S/C24H26N2O4S/c1-17-5-9-20(10-6-17)30-15-23(27)26(14-21-4-3-13-29-21)24-25-22(16-31-24)18-7-11-19(28-2)12-8-18/h5-12,16,21H,3-4,13-15H2,1-2H3/t21-/m1/s1. The van der Waals surface area contributed by atoms with Gasteiger partial charge in [-0.05, 0) is 56.2 Å². The second kappa shape index (κ2) is 9.94. The molecule has 6 nitrogen and oxygen atoms in total. The zero-order valence-electron chi connectivity index (χ0n) is 17.7. The van der Waals surface area contributed by atoms with Gasteiger partial charge in [0.05, 0.1) is 25.5 Å². The second-order valence-electron chi connectivity index (χ2n) is 7.48. The summed E-state index contributed by atoms with van der Waals surface area (Å²) in [7, 11) is 1.64. The molecule has 2 heterocycles. The molecule has 1 saturated heterocycles. The average molecular weight is 439 g/mol. The normalized spacial score (nSPS) is 15.6. The van der Waals surface area contributed by atoms with Gasteiger partial charge in [0.2, 0.25) is 0 Å². The van der Waals surface area contributed by atoms with E-state index in [2.05, 4.69) is 0 Å². The van der Waals surface area contributed by atoms with E-state index >= 15 is 0 Å². The molecule has 1 amide bonds. The van der Waals surface area contributed by atoms with Gasteiger partial charge in [0.1, 0.15) is 11.5 Å². The summed E-state index contributed by atoms with van der Waals surface area (Å²) in [6, 6.07) is 15.4. The summed E-state index contributed by atoms with van der Waals surface area (Å²) in [6.07, 6.45) is 1.98. The molecule has 0 radical (unpaired) electrons. The van der Waals surface area contributed by atoms with Crippen LogP contribution < -0.4 is 14.4 Å². The summed E-state index contributed by atoms with van der Waals surface area (Å²) in [5.74, 6) is 1.34. The molecule has 162 valence electrons. The van der Waals surface area contributed by atoms with Crippen LogP contribution in [0, 0.1) is 6.92 Å². The Morgan fingerprint density at radius 3 is 2.58 bits per heavy atom. The van der Waals surface area contributed by atoms with Gasteiger partial charge in [0.15, 0.2) is 11.7 Å². The van der Waals surface area contributed by atoms with Gasteiger partial charge >= 0.3 is 0 Å². The van der Waals surface area contributed by atoms with Gasteiger partial charge in [0.25, 0.3) is 5.91 Å². The molecule has 0 bridgehead atoms. The summed E-state index contributed by atoms with van der Waals surface area (Å²) in [6.45, 7) is 3.18. The van der Waals surface area contributed by atoms with Gasteiger partial charge in [0, 0.05) is 17.6 Å². The van der Waals surface area contributed by atoms with Crippen molar-refractivity contribution in [2.45, 2.75) is 25.9 Å². The highest BCUT2D eigenvalue weighted by atomic mass is 32.1. The summed E-state index contributed by atoms with van der Waals surface area (Å²) >= 11 is 1.45. The van der Waals surface area contributed by atoms with Gasteiger partial charge in [-0.25, -0.2) is 4.98 Å². The van der Waals surface area contributed by atoms with Crippen molar-refractivity contribution >= 4 is 22.4 Å². The zero-order chi connectivity index (χ0) is 21.6. The Balaban J connectivity index is 1.50. The predicted molar refractivity (Wildman–Crippen MR) is 122 cm³/mol. The van der Waals surface area contributed by atoms with Gasteiger partial charge in [-0.15, -0.1) is 11.3 Å². The molecule has 2 aromatic carbocycles. The lowest BCUT2D eigenvalue weighted by molar-refractivity contribution is -0.120. The molecule has 0 aliphatic carbocycles. The van der Waals surface area contributed by atoms with Crippen molar-refractivity contribution in [3.05, 3.63) is 59.5 Å². The highest BCUT2D eigenvalue weighted by molar-refractivity contribution is 7.14. The minimum Gasteiger partial charge on any atom is -0.497 e. The largest absolute Gasteiger partial charge is 0.497 e. The van der Waals surface area contributed by atoms with Crippen LogP contribution in [0.4, 0.5) is 5.13 Å². The van der Waals surface area contributed by atoms with E-state index in [9.17, 15) is 4.79 Å². The van der Waals surface area contributed by atoms with Crippen molar-refractivity contribution in [3.63, 3.8) is 0 Å². The van der Waals surface area contributed by atoms with Gasteiger partial charge in [-0.3, -0.25) is 9.69 Å². The molecular weight excluding hydrogens is 412 g/mol. The third-order valence-corrected chi connectivity index (χ3v) is 6.07. The molecular formula is C24H26N2O4S. The minimum atomic E-state index is -0.133. The molecule has 0 unspecified atom stereocenters. The van der Waals surface area contributed by atoms with Crippen LogP contribution in [0.3, 0.4) is 0 Å². The number of rotatable bonds is 8. The highest BCUT2D eigenvalue weighted by Crippen LogP contribution is 2.30. The zero-order valence-corrected chi connectivity index (χ0v) is 18.6. The number of hydrogen-bond donors (Lipinski definition) is 0. The third-order valence-electron chi connectivity index (χ3n) is 5.20. The van der Waals surface area contributed by atoms with Crippen LogP contribution in [0.15, 0.2) is 53.9 Å². The Morgan fingerprint density at radius 2 is 1.90 bits per heavy atom. The number of carbonyl (C=O) groups excluding carboxylic acids is 1. The first kappa shape index (κ1) is 21.3. The van der Waals surface area contributed by atoms with E-state index in [-0.39, 0.29) is 18.6 Å². The van der Waals surface area contributed by atoms with Crippen LogP contribution in [0.5, 0.6) is 11.5 Å². The number of methoxy groups -OCH3 is 1. The van der Waals surface area contributed by atoms with E-state index in [1.807, 2.05) is 60.8 Å². The van der Waals surface area contributed by atoms with Crippen LogP contribution in [0.1, 0.15) is 18.4 Å². The fourth-order valence-electron chi connectivity index (χ4n) is 3.42. The summed E-state index contributed by atoms with van der Waals surface area (Å²) in [5, 5.41) is 2.62. The number of aryl methyl sites for hydroxylation is 1. The van der Waals surface area contributed by atoms with Crippen LogP contribution in [0.2, 0.25) is 0 Å². The molecule has 0 spiro atoms. The third kappa shape index (κ3) is 5.42. The second-order valence-corrected chi connectivity index (χ2v) is 8.32. The summed E-state index contributed by atoms with van der Waals surface area (Å²) in [5.41, 5.74) is 2.95. The van der Waals surface area contributed by atoms with Crippen LogP contribution in [-0.4, -0.2) is 43.9 Å². The lowest BCUT2D eigenvalue weighted by atomic mass is 10.2. The lowest BCUT2D eigenvalue weighted by Crippen LogP contribution is -2.40. The SMILES string of the molecule is COc1ccc(-c2csc(N(C[C@H]3CCCO3)C(=O)COc3ccc(C)cc3)n2)cc1. The highest BCUT2D eigenvalue weighted by Gasteiger charge is 2.26. The molecule has 4 rings (SSSR count). The first-order chi connectivity index (χ1) is 15.1. The average Bonchev–Trinajstić information content (AvgIpc) is 3.49. The summed E-state index contributed by atoms with van der Waals surface area (Å²) in [4.78, 5) is 19.5. The van der Waals surface area contributed by atoms with E-state index in [1.54, 1.807) is 12.0 Å². The number of anilines is 1. The smallest absolute Gasteiger partial charge is 0.266 e. The Labute approximate surface area is 186 Å². The first-order valence-electron chi connectivity index (χ1n) is 10.3. The van der Waals surface area contributed by atoms with Gasteiger partial charge in [-0.2, -0.15) is 0 Å². The molecule has 7 heteroatoms.